The van der Waals surface area contributed by atoms with E-state index in [0.717, 1.165) is 37.1 Å². The number of hydrogen-bond donors (Lipinski definition) is 1. The number of benzene rings is 1. The van der Waals surface area contributed by atoms with Crippen molar-refractivity contribution in [1.82, 2.24) is 9.80 Å². The molecule has 0 spiro atoms. The van der Waals surface area contributed by atoms with Gasteiger partial charge in [0.05, 0.1) is 0 Å². The first-order chi connectivity index (χ1) is 10.9. The van der Waals surface area contributed by atoms with Crippen molar-refractivity contribution in [2.45, 2.75) is 45.6 Å². The number of urea groups is 1. The molecule has 5 heteroatoms. The van der Waals surface area contributed by atoms with E-state index in [9.17, 15) is 9.59 Å². The van der Waals surface area contributed by atoms with Gasteiger partial charge in [-0.1, -0.05) is 6.92 Å². The first-order valence-corrected chi connectivity index (χ1v) is 8.34. The summed E-state index contributed by atoms with van der Waals surface area (Å²) in [6.07, 6.45) is 4.34. The minimum atomic E-state index is -0.0392. The first kappa shape index (κ1) is 17.3. The maximum atomic E-state index is 12.5. The molecule has 5 nitrogen and oxygen atoms in total. The molecule has 3 amide bonds. The molecule has 1 aliphatic heterocycles. The van der Waals surface area contributed by atoms with Crippen molar-refractivity contribution < 1.29 is 9.59 Å². The molecular weight excluding hydrogens is 290 g/mol. The highest BCUT2D eigenvalue weighted by Crippen LogP contribution is 2.22. The molecule has 0 saturated carbocycles. The van der Waals surface area contributed by atoms with Gasteiger partial charge in [0.1, 0.15) is 0 Å². The maximum absolute atomic E-state index is 12.5. The van der Waals surface area contributed by atoms with Crippen molar-refractivity contribution >= 4 is 17.6 Å². The summed E-state index contributed by atoms with van der Waals surface area (Å²) in [7, 11) is 3.47. The molecule has 0 bridgehead atoms. The normalized spacial score (nSPS) is 17.7. The van der Waals surface area contributed by atoms with Gasteiger partial charge in [0.15, 0.2) is 0 Å². The smallest absolute Gasteiger partial charge is 0.322 e. The monoisotopic (exact) mass is 317 g/mol. The van der Waals surface area contributed by atoms with Gasteiger partial charge in [0, 0.05) is 37.9 Å². The average molecular weight is 317 g/mol. The predicted octanol–water partition coefficient (Wildman–Crippen LogP) is 3.49. The van der Waals surface area contributed by atoms with Crippen LogP contribution in [-0.2, 0) is 0 Å². The Morgan fingerprint density at radius 3 is 2.65 bits per heavy atom. The van der Waals surface area contributed by atoms with Crippen LogP contribution in [0.5, 0.6) is 0 Å². The van der Waals surface area contributed by atoms with Gasteiger partial charge in [0.25, 0.3) is 5.91 Å². The molecule has 0 aliphatic carbocycles. The molecule has 1 aromatic carbocycles. The van der Waals surface area contributed by atoms with E-state index in [1.54, 1.807) is 31.1 Å². The van der Waals surface area contributed by atoms with Gasteiger partial charge in [-0.3, -0.25) is 4.79 Å². The third kappa shape index (κ3) is 4.03. The molecule has 1 saturated heterocycles. The fourth-order valence-electron chi connectivity index (χ4n) is 3.11. The largest absolute Gasteiger partial charge is 0.345 e. The lowest BCUT2D eigenvalue weighted by atomic mass is 10.0. The van der Waals surface area contributed by atoms with Crippen LogP contribution in [0.2, 0.25) is 0 Å². The summed E-state index contributed by atoms with van der Waals surface area (Å²) in [6, 6.07) is 5.73. The van der Waals surface area contributed by atoms with E-state index in [2.05, 4.69) is 12.2 Å². The summed E-state index contributed by atoms with van der Waals surface area (Å²) in [6.45, 7) is 4.84. The second-order valence-corrected chi connectivity index (χ2v) is 6.41. The number of aryl methyl sites for hydroxylation is 1. The number of likely N-dealkylation sites (tertiary alicyclic amines) is 1. The van der Waals surface area contributed by atoms with E-state index < -0.39 is 0 Å². The Hall–Kier alpha value is -2.04. The highest BCUT2D eigenvalue weighted by molar-refractivity contribution is 5.96. The third-order valence-corrected chi connectivity index (χ3v) is 4.47. The van der Waals surface area contributed by atoms with Gasteiger partial charge in [-0.25, -0.2) is 4.79 Å². The van der Waals surface area contributed by atoms with Crippen LogP contribution >= 0.6 is 0 Å². The fraction of sp³-hybridized carbons (Fsp3) is 0.556. The molecule has 1 aliphatic rings. The summed E-state index contributed by atoms with van der Waals surface area (Å²) in [4.78, 5) is 28.1. The van der Waals surface area contributed by atoms with Gasteiger partial charge in [-0.15, -0.1) is 0 Å². The Labute approximate surface area is 138 Å². The summed E-state index contributed by atoms with van der Waals surface area (Å²) in [5.41, 5.74) is 2.27. The van der Waals surface area contributed by atoms with E-state index in [4.69, 9.17) is 0 Å². The number of carbonyl (C=O) groups excluding carboxylic acids is 2. The molecule has 126 valence electrons. The Morgan fingerprint density at radius 1 is 1.30 bits per heavy atom. The molecule has 1 heterocycles. The standard InChI is InChI=1S/C18H27N3O2/c1-5-15-8-6-7-11-21(15)18(23)19-14-9-10-16(13(2)12-14)17(22)20(3)4/h9-10,12,15H,5-8,11H2,1-4H3,(H,19,23). The molecule has 1 atom stereocenters. The van der Waals surface area contributed by atoms with Crippen LogP contribution in [0, 0.1) is 6.92 Å². The van der Waals surface area contributed by atoms with Gasteiger partial charge in [0.2, 0.25) is 0 Å². The summed E-state index contributed by atoms with van der Waals surface area (Å²) >= 11 is 0. The van der Waals surface area contributed by atoms with Crippen molar-refractivity contribution in [3.05, 3.63) is 29.3 Å². The summed E-state index contributed by atoms with van der Waals surface area (Å²) in [5.74, 6) is -0.0255. The Bertz CT molecular complexity index is 584. The zero-order chi connectivity index (χ0) is 17.0. The average Bonchev–Trinajstić information content (AvgIpc) is 2.54. The topological polar surface area (TPSA) is 52.7 Å². The van der Waals surface area contributed by atoms with Crippen LogP contribution in [0.4, 0.5) is 10.5 Å². The Morgan fingerprint density at radius 2 is 2.04 bits per heavy atom. The van der Waals surface area contributed by atoms with Crippen LogP contribution in [0.3, 0.4) is 0 Å². The number of nitrogens with zero attached hydrogens (tertiary/aromatic N) is 2. The fourth-order valence-corrected chi connectivity index (χ4v) is 3.11. The van der Waals surface area contributed by atoms with E-state index in [1.165, 1.54) is 6.42 Å². The zero-order valence-corrected chi connectivity index (χ0v) is 14.6. The van der Waals surface area contributed by atoms with Gasteiger partial charge in [-0.2, -0.15) is 0 Å². The second-order valence-electron chi connectivity index (χ2n) is 6.41. The van der Waals surface area contributed by atoms with Gasteiger partial charge in [-0.05, 0) is 56.4 Å². The molecule has 0 radical (unpaired) electrons. The minimum absolute atomic E-state index is 0.0255. The summed E-state index contributed by atoms with van der Waals surface area (Å²) in [5, 5.41) is 2.97. The van der Waals surface area contributed by atoms with Crippen molar-refractivity contribution in [2.24, 2.45) is 0 Å². The molecule has 1 aromatic rings. The molecule has 1 N–H and O–H groups in total. The maximum Gasteiger partial charge on any atom is 0.322 e. The zero-order valence-electron chi connectivity index (χ0n) is 14.6. The van der Waals surface area contributed by atoms with Crippen LogP contribution < -0.4 is 5.32 Å². The van der Waals surface area contributed by atoms with Gasteiger partial charge >= 0.3 is 6.03 Å². The molecule has 2 rings (SSSR count). The molecule has 0 aromatic heterocycles. The third-order valence-electron chi connectivity index (χ3n) is 4.47. The van der Waals surface area contributed by atoms with Crippen LogP contribution in [0.15, 0.2) is 18.2 Å². The lowest BCUT2D eigenvalue weighted by molar-refractivity contribution is 0.0827. The molecule has 1 unspecified atom stereocenters. The quantitative estimate of drug-likeness (QED) is 0.927. The number of amides is 3. The minimum Gasteiger partial charge on any atom is -0.345 e. The molecular formula is C18H27N3O2. The lowest BCUT2D eigenvalue weighted by Crippen LogP contribution is -2.45. The van der Waals surface area contributed by atoms with Crippen molar-refractivity contribution in [3.63, 3.8) is 0 Å². The predicted molar refractivity (Wildman–Crippen MR) is 92.9 cm³/mol. The number of hydrogen-bond acceptors (Lipinski definition) is 2. The highest BCUT2D eigenvalue weighted by Gasteiger charge is 2.25. The number of piperidine rings is 1. The van der Waals surface area contributed by atoms with Gasteiger partial charge < -0.3 is 15.1 Å². The van der Waals surface area contributed by atoms with E-state index in [0.29, 0.717) is 11.6 Å². The van der Waals surface area contributed by atoms with E-state index in [-0.39, 0.29) is 11.9 Å². The van der Waals surface area contributed by atoms with Crippen LogP contribution in [0.25, 0.3) is 0 Å². The lowest BCUT2D eigenvalue weighted by Gasteiger charge is -2.35. The molecule has 1 fully saturated rings. The molecule has 23 heavy (non-hydrogen) atoms. The first-order valence-electron chi connectivity index (χ1n) is 8.34. The number of carbonyl (C=O) groups is 2. The van der Waals surface area contributed by atoms with E-state index >= 15 is 0 Å². The van der Waals surface area contributed by atoms with Crippen LogP contribution in [0.1, 0.15) is 48.5 Å². The Balaban J connectivity index is 2.09. The van der Waals surface area contributed by atoms with Crippen molar-refractivity contribution in [2.75, 3.05) is 26.0 Å². The Kier molecular flexibility index (Phi) is 5.64. The number of anilines is 1. The summed E-state index contributed by atoms with van der Waals surface area (Å²) < 4.78 is 0. The van der Waals surface area contributed by atoms with Crippen molar-refractivity contribution in [1.29, 1.82) is 0 Å². The van der Waals surface area contributed by atoms with Crippen molar-refractivity contribution in [3.8, 4) is 0 Å². The van der Waals surface area contributed by atoms with Crippen LogP contribution in [-0.4, -0.2) is 48.4 Å². The highest BCUT2D eigenvalue weighted by atomic mass is 16.2. The SMILES string of the molecule is CCC1CCCCN1C(=O)Nc1ccc(C(=O)N(C)C)c(C)c1. The number of nitrogens with one attached hydrogen (secondary N) is 1. The number of rotatable bonds is 3. The van der Waals surface area contributed by atoms with E-state index in [1.807, 2.05) is 17.9 Å². The second kappa shape index (κ2) is 7.49.